The summed E-state index contributed by atoms with van der Waals surface area (Å²) < 4.78 is 5.26. The van der Waals surface area contributed by atoms with Gasteiger partial charge in [0.25, 0.3) is 0 Å². The minimum absolute atomic E-state index is 0.0515. The van der Waals surface area contributed by atoms with E-state index < -0.39 is 0 Å². The number of ether oxygens (including phenoxy) is 1. The van der Waals surface area contributed by atoms with Gasteiger partial charge >= 0.3 is 0 Å². The first-order chi connectivity index (χ1) is 13.0. The lowest BCUT2D eigenvalue weighted by Crippen LogP contribution is -2.32. The molecule has 2 fully saturated rings. The van der Waals surface area contributed by atoms with E-state index in [0.29, 0.717) is 10.8 Å². The van der Waals surface area contributed by atoms with Crippen LogP contribution in [0.1, 0.15) is 24.6 Å². The monoisotopic (exact) mass is 385 g/mol. The van der Waals surface area contributed by atoms with E-state index in [1.165, 1.54) is 0 Å². The summed E-state index contributed by atoms with van der Waals surface area (Å²) >= 11 is 6.34. The molecule has 1 amide bonds. The van der Waals surface area contributed by atoms with Gasteiger partial charge in [0, 0.05) is 32.0 Å². The van der Waals surface area contributed by atoms with Crippen LogP contribution in [0.5, 0.6) is 5.75 Å². The van der Waals surface area contributed by atoms with Gasteiger partial charge in [-0.3, -0.25) is 14.6 Å². The van der Waals surface area contributed by atoms with Crippen molar-refractivity contribution in [2.75, 3.05) is 37.5 Å². The Hall–Kier alpha value is -2.24. The highest BCUT2D eigenvalue weighted by atomic mass is 35.5. The number of carbonyl (C=O) groups excluding carboxylic acids is 1. The maximum absolute atomic E-state index is 13.2. The third-order valence-electron chi connectivity index (χ3n) is 5.50. The van der Waals surface area contributed by atoms with Crippen molar-refractivity contribution in [2.45, 2.75) is 25.0 Å². The van der Waals surface area contributed by atoms with Crippen molar-refractivity contribution in [2.24, 2.45) is 0 Å². The van der Waals surface area contributed by atoms with E-state index in [9.17, 15) is 4.79 Å². The molecule has 2 saturated heterocycles. The minimum Gasteiger partial charge on any atom is -0.495 e. The number of halogens is 1. The predicted molar refractivity (Wildman–Crippen MR) is 109 cm³/mol. The Kier molecular flexibility index (Phi) is 4.74. The predicted octanol–water partition coefficient (Wildman–Crippen LogP) is 3.92. The van der Waals surface area contributed by atoms with Crippen LogP contribution in [0.25, 0.3) is 0 Å². The van der Waals surface area contributed by atoms with E-state index in [0.717, 1.165) is 36.3 Å². The van der Waals surface area contributed by atoms with E-state index in [1.54, 1.807) is 7.11 Å². The van der Waals surface area contributed by atoms with Crippen molar-refractivity contribution in [3.63, 3.8) is 0 Å². The van der Waals surface area contributed by atoms with E-state index in [1.807, 2.05) is 37.2 Å². The number of hydrogen-bond acceptors (Lipinski definition) is 4. The van der Waals surface area contributed by atoms with Crippen LogP contribution < -0.4 is 14.5 Å². The zero-order chi connectivity index (χ0) is 19.1. The molecule has 2 aliphatic heterocycles. The number of benzene rings is 2. The highest BCUT2D eigenvalue weighted by molar-refractivity contribution is 6.32. The van der Waals surface area contributed by atoms with Crippen LogP contribution in [0.15, 0.2) is 42.5 Å². The van der Waals surface area contributed by atoms with Gasteiger partial charge in [-0.15, -0.1) is 0 Å². The highest BCUT2D eigenvalue weighted by Crippen LogP contribution is 2.43. The van der Waals surface area contributed by atoms with Crippen molar-refractivity contribution >= 4 is 28.9 Å². The number of carbonyl (C=O) groups is 1. The summed E-state index contributed by atoms with van der Waals surface area (Å²) in [5, 5.41) is 0.511. The van der Waals surface area contributed by atoms with Gasteiger partial charge in [-0.25, -0.2) is 0 Å². The molecule has 0 aliphatic carbocycles. The lowest BCUT2D eigenvalue weighted by Gasteiger charge is -2.30. The number of anilines is 2. The fraction of sp³-hybridized carbons (Fsp3) is 0.381. The summed E-state index contributed by atoms with van der Waals surface area (Å²) in [5.41, 5.74) is 3.06. The first-order valence-corrected chi connectivity index (χ1v) is 9.58. The summed E-state index contributed by atoms with van der Waals surface area (Å²) in [6.45, 7) is 0.927. The second-order valence-electron chi connectivity index (χ2n) is 7.28. The quantitative estimate of drug-likeness (QED) is 0.799. The number of methoxy groups -OCH3 is 1. The number of hydrogen-bond donors (Lipinski definition) is 0. The lowest BCUT2D eigenvalue weighted by molar-refractivity contribution is -0.119. The largest absolute Gasteiger partial charge is 0.495 e. The van der Waals surface area contributed by atoms with Gasteiger partial charge in [0.1, 0.15) is 11.9 Å². The summed E-state index contributed by atoms with van der Waals surface area (Å²) in [5.74, 6) is 0.759. The molecular weight excluding hydrogens is 362 g/mol. The van der Waals surface area contributed by atoms with Crippen LogP contribution >= 0.6 is 11.6 Å². The van der Waals surface area contributed by atoms with Gasteiger partial charge in [-0.1, -0.05) is 23.7 Å². The summed E-state index contributed by atoms with van der Waals surface area (Å²) in [4.78, 5) is 19.5. The molecule has 2 aromatic rings. The molecule has 2 aromatic carbocycles. The van der Waals surface area contributed by atoms with E-state index >= 15 is 0 Å². The van der Waals surface area contributed by atoms with Crippen LogP contribution in [-0.4, -0.2) is 44.6 Å². The normalized spacial score (nSPS) is 22.2. The number of amides is 1. The van der Waals surface area contributed by atoms with Crippen LogP contribution in [0.4, 0.5) is 11.4 Å². The number of nitrogens with zero attached hydrogens (tertiary/aromatic N) is 3. The molecule has 2 heterocycles. The second-order valence-corrected chi connectivity index (χ2v) is 7.69. The van der Waals surface area contributed by atoms with Crippen molar-refractivity contribution in [3.8, 4) is 5.75 Å². The minimum atomic E-state index is -0.106. The highest BCUT2D eigenvalue weighted by Gasteiger charge is 2.49. The second kappa shape index (κ2) is 7.06. The Balaban J connectivity index is 1.76. The first kappa shape index (κ1) is 18.1. The van der Waals surface area contributed by atoms with E-state index in [4.69, 9.17) is 16.3 Å². The average Bonchev–Trinajstić information content (AvgIpc) is 3.24. The first-order valence-electron chi connectivity index (χ1n) is 9.21. The molecule has 0 aromatic heterocycles. The van der Waals surface area contributed by atoms with Crippen molar-refractivity contribution in [1.29, 1.82) is 0 Å². The van der Waals surface area contributed by atoms with E-state index in [-0.39, 0.29) is 18.1 Å². The molecule has 142 valence electrons. The molecule has 0 spiro atoms. The zero-order valence-corrected chi connectivity index (χ0v) is 16.6. The molecule has 0 N–H and O–H groups in total. The fourth-order valence-corrected chi connectivity index (χ4v) is 4.39. The van der Waals surface area contributed by atoms with Crippen molar-refractivity contribution in [3.05, 3.63) is 53.1 Å². The smallest absolute Gasteiger partial charge is 0.246 e. The average molecular weight is 386 g/mol. The molecule has 0 saturated carbocycles. The Morgan fingerprint density at radius 1 is 1.15 bits per heavy atom. The van der Waals surface area contributed by atoms with Crippen LogP contribution in [0, 0.1) is 0 Å². The molecule has 27 heavy (non-hydrogen) atoms. The van der Waals surface area contributed by atoms with Gasteiger partial charge in [0.2, 0.25) is 5.91 Å². The molecule has 2 atom stereocenters. The summed E-state index contributed by atoms with van der Waals surface area (Å²) in [6, 6.07) is 13.9. The molecule has 0 unspecified atom stereocenters. The SMILES string of the molecule is COc1ccc(N2C(=O)[C@@H]3CCCN3[C@H]2c2ccc(N(C)C)cc2)cc1Cl. The van der Waals surface area contributed by atoms with Gasteiger partial charge in [-0.05, 0) is 48.7 Å². The molecule has 0 bridgehead atoms. The Morgan fingerprint density at radius 3 is 2.52 bits per heavy atom. The Morgan fingerprint density at radius 2 is 1.89 bits per heavy atom. The third-order valence-corrected chi connectivity index (χ3v) is 5.79. The van der Waals surface area contributed by atoms with Gasteiger partial charge in [-0.2, -0.15) is 0 Å². The Bertz CT molecular complexity index is 853. The van der Waals surface area contributed by atoms with Crippen molar-refractivity contribution in [1.82, 2.24) is 4.90 Å². The van der Waals surface area contributed by atoms with Gasteiger partial charge in [0.15, 0.2) is 0 Å². The van der Waals surface area contributed by atoms with Crippen LogP contribution in [0.2, 0.25) is 5.02 Å². The molecule has 6 heteroatoms. The fourth-order valence-electron chi connectivity index (χ4n) is 4.14. The summed E-state index contributed by atoms with van der Waals surface area (Å²) in [6.07, 6.45) is 1.86. The third kappa shape index (κ3) is 3.05. The molecule has 5 nitrogen and oxygen atoms in total. The van der Waals surface area contributed by atoms with Crippen LogP contribution in [-0.2, 0) is 4.79 Å². The van der Waals surface area contributed by atoms with E-state index in [2.05, 4.69) is 34.1 Å². The lowest BCUT2D eigenvalue weighted by atomic mass is 10.1. The van der Waals surface area contributed by atoms with Crippen molar-refractivity contribution < 1.29 is 9.53 Å². The summed E-state index contributed by atoms with van der Waals surface area (Å²) in [7, 11) is 5.64. The maximum atomic E-state index is 13.2. The topological polar surface area (TPSA) is 36.0 Å². The number of fused-ring (bicyclic) bond motifs is 1. The van der Waals surface area contributed by atoms with Gasteiger partial charge < -0.3 is 9.64 Å². The number of rotatable bonds is 4. The molecule has 4 rings (SSSR count). The molecule has 0 radical (unpaired) electrons. The van der Waals surface area contributed by atoms with Crippen LogP contribution in [0.3, 0.4) is 0 Å². The standard InChI is InChI=1S/C21H24ClN3O2/c1-23(2)15-8-6-14(7-9-15)20-24-12-4-5-18(24)21(26)25(20)16-10-11-19(27-3)17(22)13-16/h6-11,13,18,20H,4-5,12H2,1-3H3/t18-,20+/m0/s1. The Labute approximate surface area is 165 Å². The van der Waals surface area contributed by atoms with Gasteiger partial charge in [0.05, 0.1) is 18.2 Å². The maximum Gasteiger partial charge on any atom is 0.246 e. The molecule has 2 aliphatic rings. The molecular formula is C21H24ClN3O2. The zero-order valence-electron chi connectivity index (χ0n) is 15.9.